The third-order valence-corrected chi connectivity index (χ3v) is 3.37. The van der Waals surface area contributed by atoms with Crippen LogP contribution in [0.1, 0.15) is 25.8 Å². The number of nitrogens with two attached hydrogens (primary N) is 1. The standard InChI is InChI=1S/C14H20N2O5/c1-3-9-8(7-16-11(9)4-2)5-14(21,13(19)20)6-10(15)12(17)18/h3-4,7,10,16,21H,5-6,15H2,1-2H3,(H,17,18)(H,19,20)/b9-3-,11-4+/t10-,14?/m0/s1. The number of aromatic amines is 1. The van der Waals surface area contributed by atoms with Crippen LogP contribution in [0.3, 0.4) is 0 Å². The van der Waals surface area contributed by atoms with Crippen LogP contribution in [0.5, 0.6) is 0 Å². The monoisotopic (exact) mass is 296 g/mol. The van der Waals surface area contributed by atoms with Crippen molar-refractivity contribution in [3.8, 4) is 0 Å². The summed E-state index contributed by atoms with van der Waals surface area (Å²) >= 11 is 0. The molecule has 7 nitrogen and oxygen atoms in total. The van der Waals surface area contributed by atoms with Crippen molar-refractivity contribution in [3.05, 3.63) is 22.3 Å². The van der Waals surface area contributed by atoms with Crippen molar-refractivity contribution in [1.29, 1.82) is 0 Å². The third-order valence-electron chi connectivity index (χ3n) is 3.37. The van der Waals surface area contributed by atoms with E-state index in [2.05, 4.69) is 4.98 Å². The number of carboxylic acids is 2. The Hall–Kier alpha value is -2.12. The van der Waals surface area contributed by atoms with Gasteiger partial charge in [0, 0.05) is 24.4 Å². The number of rotatable bonds is 6. The van der Waals surface area contributed by atoms with Crippen LogP contribution in [0, 0.1) is 0 Å². The van der Waals surface area contributed by atoms with Crippen LogP contribution in [-0.4, -0.2) is 43.9 Å². The molecule has 0 saturated heterocycles. The summed E-state index contributed by atoms with van der Waals surface area (Å²) < 4.78 is 0. The maximum absolute atomic E-state index is 11.3. The fraction of sp³-hybridized carbons (Fsp3) is 0.429. The number of carboxylic acid groups (broad SMARTS) is 2. The van der Waals surface area contributed by atoms with Crippen molar-refractivity contribution in [2.24, 2.45) is 5.73 Å². The zero-order chi connectivity index (χ0) is 16.2. The SMILES string of the molecule is C/C=c1/c(CC(O)(C[C@H](N)C(=O)O)C(=O)O)c[nH]/c1=C/C. The average Bonchev–Trinajstić information content (AvgIpc) is 2.79. The molecule has 1 rings (SSSR count). The largest absolute Gasteiger partial charge is 0.480 e. The lowest BCUT2D eigenvalue weighted by Gasteiger charge is -2.24. The van der Waals surface area contributed by atoms with Crippen molar-refractivity contribution >= 4 is 24.1 Å². The smallest absolute Gasteiger partial charge is 0.336 e. The second-order valence-corrected chi connectivity index (χ2v) is 4.88. The van der Waals surface area contributed by atoms with Gasteiger partial charge in [-0.2, -0.15) is 0 Å². The summed E-state index contributed by atoms with van der Waals surface area (Å²) in [5, 5.41) is 29.9. The first kappa shape index (κ1) is 16.9. The topological polar surface area (TPSA) is 137 Å². The zero-order valence-corrected chi connectivity index (χ0v) is 12.0. The number of aliphatic hydroxyl groups is 1. The number of H-pyrrole nitrogens is 1. The van der Waals surface area contributed by atoms with E-state index in [-0.39, 0.29) is 6.42 Å². The highest BCUT2D eigenvalue weighted by Crippen LogP contribution is 2.18. The molecule has 1 unspecified atom stereocenters. The molecule has 0 saturated carbocycles. The van der Waals surface area contributed by atoms with Gasteiger partial charge in [-0.3, -0.25) is 4.79 Å². The van der Waals surface area contributed by atoms with Crippen molar-refractivity contribution in [2.75, 3.05) is 0 Å². The normalized spacial score (nSPS) is 17.5. The van der Waals surface area contributed by atoms with Crippen molar-refractivity contribution in [2.45, 2.75) is 38.3 Å². The van der Waals surface area contributed by atoms with Crippen molar-refractivity contribution < 1.29 is 24.9 Å². The maximum Gasteiger partial charge on any atom is 0.336 e. The van der Waals surface area contributed by atoms with Gasteiger partial charge in [0.15, 0.2) is 5.60 Å². The lowest BCUT2D eigenvalue weighted by Crippen LogP contribution is -2.48. The number of carbonyl (C=O) groups is 2. The molecule has 6 N–H and O–H groups in total. The van der Waals surface area contributed by atoms with Crippen molar-refractivity contribution in [3.63, 3.8) is 0 Å². The van der Waals surface area contributed by atoms with Gasteiger partial charge >= 0.3 is 11.9 Å². The molecule has 0 aliphatic heterocycles. The van der Waals surface area contributed by atoms with Crippen LogP contribution >= 0.6 is 0 Å². The van der Waals surface area contributed by atoms with E-state index in [1.54, 1.807) is 19.2 Å². The molecule has 0 aromatic carbocycles. The van der Waals surface area contributed by atoms with Gasteiger partial charge in [0.2, 0.25) is 0 Å². The van der Waals surface area contributed by atoms with Gasteiger partial charge in [-0.05, 0) is 24.6 Å². The second-order valence-electron chi connectivity index (χ2n) is 4.88. The lowest BCUT2D eigenvalue weighted by atomic mass is 9.88. The molecule has 0 bridgehead atoms. The Bertz CT molecular complexity index is 649. The van der Waals surface area contributed by atoms with Gasteiger partial charge in [-0.15, -0.1) is 0 Å². The van der Waals surface area contributed by atoms with E-state index in [1.165, 1.54) is 0 Å². The molecule has 1 aromatic rings. The van der Waals surface area contributed by atoms with Crippen LogP contribution < -0.4 is 16.3 Å². The van der Waals surface area contributed by atoms with Gasteiger partial charge in [0.1, 0.15) is 6.04 Å². The highest BCUT2D eigenvalue weighted by molar-refractivity contribution is 5.80. The summed E-state index contributed by atoms with van der Waals surface area (Å²) in [5.41, 5.74) is 3.71. The highest BCUT2D eigenvalue weighted by atomic mass is 16.4. The van der Waals surface area contributed by atoms with Crippen LogP contribution in [0.15, 0.2) is 6.20 Å². The van der Waals surface area contributed by atoms with Gasteiger partial charge in [0.25, 0.3) is 0 Å². The fourth-order valence-corrected chi connectivity index (χ4v) is 2.22. The van der Waals surface area contributed by atoms with Gasteiger partial charge in [0.05, 0.1) is 0 Å². The molecule has 1 heterocycles. The van der Waals surface area contributed by atoms with E-state index < -0.39 is 30.0 Å². The molecular formula is C14H20N2O5. The molecular weight excluding hydrogens is 276 g/mol. The summed E-state index contributed by atoms with van der Waals surface area (Å²) in [7, 11) is 0. The molecule has 0 amide bonds. The highest BCUT2D eigenvalue weighted by Gasteiger charge is 2.39. The minimum atomic E-state index is -2.23. The maximum atomic E-state index is 11.3. The molecule has 116 valence electrons. The number of nitrogens with one attached hydrogen (secondary N) is 1. The van der Waals surface area contributed by atoms with E-state index in [0.717, 1.165) is 10.6 Å². The van der Waals surface area contributed by atoms with E-state index in [0.29, 0.717) is 5.56 Å². The number of hydrogen-bond acceptors (Lipinski definition) is 4. The summed E-state index contributed by atoms with van der Waals surface area (Å²) in [5.74, 6) is -2.85. The van der Waals surface area contributed by atoms with Crippen LogP contribution in [-0.2, 0) is 16.0 Å². The quantitative estimate of drug-likeness (QED) is 0.446. The molecule has 1 aromatic heterocycles. The minimum absolute atomic E-state index is 0.229. The first-order valence-electron chi connectivity index (χ1n) is 6.48. The van der Waals surface area contributed by atoms with Gasteiger partial charge in [-0.1, -0.05) is 12.2 Å². The number of hydrogen-bond donors (Lipinski definition) is 5. The lowest BCUT2D eigenvalue weighted by molar-refractivity contribution is -0.160. The molecule has 0 aliphatic carbocycles. The minimum Gasteiger partial charge on any atom is -0.480 e. The summed E-state index contributed by atoms with van der Waals surface area (Å²) in [6.07, 6.45) is 4.41. The molecule has 7 heteroatoms. The molecule has 0 spiro atoms. The predicted octanol–water partition coefficient (Wildman–Crippen LogP) is -1.22. The third kappa shape index (κ3) is 3.71. The molecule has 0 aliphatic rings. The first-order valence-corrected chi connectivity index (χ1v) is 6.48. The van der Waals surface area contributed by atoms with Crippen molar-refractivity contribution in [1.82, 2.24) is 4.98 Å². The Morgan fingerprint density at radius 1 is 1.38 bits per heavy atom. The van der Waals surface area contributed by atoms with Gasteiger partial charge < -0.3 is 26.0 Å². The second kappa shape index (κ2) is 6.55. The van der Waals surface area contributed by atoms with Crippen LogP contribution in [0.4, 0.5) is 0 Å². The molecule has 0 fully saturated rings. The average molecular weight is 296 g/mol. The Balaban J connectivity index is 3.18. The Morgan fingerprint density at radius 3 is 2.43 bits per heavy atom. The number of aliphatic carboxylic acids is 2. The Kier molecular flexibility index (Phi) is 5.28. The fourth-order valence-electron chi connectivity index (χ4n) is 2.22. The first-order chi connectivity index (χ1) is 9.75. The molecule has 2 atom stereocenters. The predicted molar refractivity (Wildman–Crippen MR) is 76.8 cm³/mol. The molecule has 21 heavy (non-hydrogen) atoms. The van der Waals surface area contributed by atoms with E-state index in [9.17, 15) is 19.8 Å². The van der Waals surface area contributed by atoms with Crippen LogP contribution in [0.2, 0.25) is 0 Å². The summed E-state index contributed by atoms with van der Waals surface area (Å²) in [6.45, 7) is 3.62. The van der Waals surface area contributed by atoms with Crippen LogP contribution in [0.25, 0.3) is 12.2 Å². The van der Waals surface area contributed by atoms with E-state index >= 15 is 0 Å². The Labute approximate surface area is 121 Å². The van der Waals surface area contributed by atoms with E-state index in [4.69, 9.17) is 10.8 Å². The molecule has 0 radical (unpaired) electrons. The summed E-state index contributed by atoms with van der Waals surface area (Å²) in [4.78, 5) is 25.1. The number of aromatic nitrogens is 1. The van der Waals surface area contributed by atoms with E-state index in [1.807, 2.05) is 13.0 Å². The zero-order valence-electron chi connectivity index (χ0n) is 12.0. The Morgan fingerprint density at radius 2 is 2.00 bits per heavy atom. The summed E-state index contributed by atoms with van der Waals surface area (Å²) in [6, 6.07) is -1.45. The van der Waals surface area contributed by atoms with Gasteiger partial charge in [-0.25, -0.2) is 4.79 Å².